The summed E-state index contributed by atoms with van der Waals surface area (Å²) in [4.78, 5) is 22.4. The highest BCUT2D eigenvalue weighted by molar-refractivity contribution is 5.97. The van der Waals surface area contributed by atoms with Crippen LogP contribution in [0.2, 0.25) is 0 Å². The van der Waals surface area contributed by atoms with Gasteiger partial charge in [0.25, 0.3) is 0 Å². The van der Waals surface area contributed by atoms with Gasteiger partial charge in [0.15, 0.2) is 5.78 Å². The molecule has 0 aromatic rings. The average molecular weight is 210 g/mol. The Kier molecular flexibility index (Phi) is 6.34. The van der Waals surface area contributed by atoms with E-state index in [1.54, 1.807) is 6.92 Å². The van der Waals surface area contributed by atoms with Crippen molar-refractivity contribution in [2.45, 2.75) is 33.6 Å². The maximum Gasteiger partial charge on any atom is 0.333 e. The molecule has 0 aliphatic rings. The van der Waals surface area contributed by atoms with Gasteiger partial charge in [-0.15, -0.1) is 0 Å². The van der Waals surface area contributed by atoms with Crippen LogP contribution in [0, 0.1) is 0 Å². The van der Waals surface area contributed by atoms with Gasteiger partial charge < -0.3 is 4.74 Å². The van der Waals surface area contributed by atoms with Crippen molar-refractivity contribution in [3.05, 3.63) is 23.8 Å². The quantitative estimate of drug-likeness (QED) is 0.499. The summed E-state index contributed by atoms with van der Waals surface area (Å²) in [5.41, 5.74) is 0.947. The number of Topliss-reactive ketones (excluding diaryl/α,β-unsaturated/α-hetero) is 1. The Hall–Kier alpha value is -1.38. The number of rotatable bonds is 6. The Morgan fingerprint density at radius 1 is 1.33 bits per heavy atom. The van der Waals surface area contributed by atoms with Crippen LogP contribution >= 0.6 is 0 Å². The van der Waals surface area contributed by atoms with E-state index in [2.05, 4.69) is 6.58 Å². The van der Waals surface area contributed by atoms with E-state index in [0.717, 1.165) is 6.42 Å². The zero-order valence-corrected chi connectivity index (χ0v) is 9.63. The van der Waals surface area contributed by atoms with Crippen molar-refractivity contribution < 1.29 is 14.3 Å². The third-order valence-electron chi connectivity index (χ3n) is 1.87. The molecule has 0 radical (unpaired) electrons. The summed E-state index contributed by atoms with van der Waals surface area (Å²) in [6.45, 7) is 9.10. The number of hydrogen-bond donors (Lipinski definition) is 0. The highest BCUT2D eigenvalue weighted by Crippen LogP contribution is 2.12. The topological polar surface area (TPSA) is 43.4 Å². The first-order valence-electron chi connectivity index (χ1n) is 5.07. The Labute approximate surface area is 90.8 Å². The summed E-state index contributed by atoms with van der Waals surface area (Å²) in [6, 6.07) is 0. The van der Waals surface area contributed by atoms with E-state index in [4.69, 9.17) is 4.74 Å². The minimum atomic E-state index is -0.430. The first-order valence-corrected chi connectivity index (χ1v) is 5.07. The molecule has 0 rings (SSSR count). The number of allylic oxidation sites excluding steroid dienone is 2. The number of ether oxygens (including phenoxy) is 1. The summed E-state index contributed by atoms with van der Waals surface area (Å²) in [6.07, 6.45) is 2.86. The van der Waals surface area contributed by atoms with Gasteiger partial charge in [0.2, 0.25) is 0 Å². The normalized spacial score (nSPS) is 11.0. The van der Waals surface area contributed by atoms with Gasteiger partial charge in [0.05, 0.1) is 6.61 Å². The standard InChI is InChI=1S/C12H18O3/c1-5-7-11(10(4)13)8-9(3)12(14)15-6-2/h7H,3,5-6,8H2,1-2,4H3/b11-7-. The van der Waals surface area contributed by atoms with Crippen LogP contribution in [-0.2, 0) is 14.3 Å². The molecular weight excluding hydrogens is 192 g/mol. The van der Waals surface area contributed by atoms with Crippen molar-refractivity contribution >= 4 is 11.8 Å². The molecular formula is C12H18O3. The molecule has 0 heterocycles. The van der Waals surface area contributed by atoms with Crippen molar-refractivity contribution in [1.29, 1.82) is 0 Å². The van der Waals surface area contributed by atoms with E-state index in [1.807, 2.05) is 13.0 Å². The predicted octanol–water partition coefficient (Wildman–Crippen LogP) is 2.42. The van der Waals surface area contributed by atoms with Gasteiger partial charge in [-0.05, 0) is 25.8 Å². The molecule has 0 saturated carbocycles. The highest BCUT2D eigenvalue weighted by Gasteiger charge is 2.12. The van der Waals surface area contributed by atoms with E-state index in [0.29, 0.717) is 17.8 Å². The number of esters is 1. The Morgan fingerprint density at radius 2 is 1.93 bits per heavy atom. The molecule has 15 heavy (non-hydrogen) atoms. The Balaban J connectivity index is 4.43. The number of ketones is 1. The van der Waals surface area contributed by atoms with Crippen molar-refractivity contribution in [3.8, 4) is 0 Å². The highest BCUT2D eigenvalue weighted by atomic mass is 16.5. The number of carbonyl (C=O) groups excluding carboxylic acids is 2. The van der Waals surface area contributed by atoms with Gasteiger partial charge >= 0.3 is 5.97 Å². The van der Waals surface area contributed by atoms with Crippen molar-refractivity contribution in [2.75, 3.05) is 6.61 Å². The van der Waals surface area contributed by atoms with Crippen LogP contribution in [0.3, 0.4) is 0 Å². The fraction of sp³-hybridized carbons (Fsp3) is 0.500. The summed E-state index contributed by atoms with van der Waals surface area (Å²) in [5.74, 6) is -0.456. The maximum atomic E-state index is 11.2. The minimum absolute atomic E-state index is 0.0256. The van der Waals surface area contributed by atoms with E-state index < -0.39 is 5.97 Å². The maximum absolute atomic E-state index is 11.2. The van der Waals surface area contributed by atoms with Crippen LogP contribution in [0.25, 0.3) is 0 Å². The number of hydrogen-bond acceptors (Lipinski definition) is 3. The SMILES string of the molecule is C=C(C/C(=C/CC)C(C)=O)C(=O)OCC. The zero-order valence-electron chi connectivity index (χ0n) is 9.63. The van der Waals surface area contributed by atoms with Crippen LogP contribution in [-0.4, -0.2) is 18.4 Å². The molecule has 0 bridgehead atoms. The van der Waals surface area contributed by atoms with Gasteiger partial charge in [-0.2, -0.15) is 0 Å². The largest absolute Gasteiger partial charge is 0.463 e. The summed E-state index contributed by atoms with van der Waals surface area (Å²) >= 11 is 0. The molecule has 0 aliphatic carbocycles. The lowest BCUT2D eigenvalue weighted by molar-refractivity contribution is -0.138. The lowest BCUT2D eigenvalue weighted by atomic mass is 10.0. The average Bonchev–Trinajstić information content (AvgIpc) is 2.17. The summed E-state index contributed by atoms with van der Waals surface area (Å²) in [7, 11) is 0. The minimum Gasteiger partial charge on any atom is -0.463 e. The van der Waals surface area contributed by atoms with E-state index >= 15 is 0 Å². The fourth-order valence-electron chi connectivity index (χ4n) is 1.12. The predicted molar refractivity (Wildman–Crippen MR) is 59.4 cm³/mol. The second-order valence-electron chi connectivity index (χ2n) is 3.19. The van der Waals surface area contributed by atoms with Crippen molar-refractivity contribution in [3.63, 3.8) is 0 Å². The van der Waals surface area contributed by atoms with Gasteiger partial charge in [0, 0.05) is 12.0 Å². The van der Waals surface area contributed by atoms with E-state index in [9.17, 15) is 9.59 Å². The molecule has 0 aromatic carbocycles. The van der Waals surface area contributed by atoms with Crippen LogP contribution < -0.4 is 0 Å². The molecule has 0 saturated heterocycles. The lowest BCUT2D eigenvalue weighted by Gasteiger charge is -2.06. The third kappa shape index (κ3) is 5.15. The zero-order chi connectivity index (χ0) is 11.8. The first-order chi connectivity index (χ1) is 7.02. The van der Waals surface area contributed by atoms with Crippen LogP contribution in [0.5, 0.6) is 0 Å². The fourth-order valence-corrected chi connectivity index (χ4v) is 1.12. The van der Waals surface area contributed by atoms with Crippen molar-refractivity contribution in [1.82, 2.24) is 0 Å². The van der Waals surface area contributed by atoms with Gasteiger partial charge in [0.1, 0.15) is 0 Å². The molecule has 0 N–H and O–H groups in total. The monoisotopic (exact) mass is 210 g/mol. The van der Waals surface area contributed by atoms with Gasteiger partial charge in [-0.25, -0.2) is 4.79 Å². The van der Waals surface area contributed by atoms with E-state index in [1.165, 1.54) is 6.92 Å². The molecule has 84 valence electrons. The molecule has 0 aromatic heterocycles. The molecule has 0 spiro atoms. The van der Waals surface area contributed by atoms with Gasteiger partial charge in [-0.3, -0.25) is 4.79 Å². The summed E-state index contributed by atoms with van der Waals surface area (Å²) < 4.78 is 4.79. The molecule has 3 nitrogen and oxygen atoms in total. The second-order valence-corrected chi connectivity index (χ2v) is 3.19. The second kappa shape index (κ2) is 6.98. The van der Waals surface area contributed by atoms with Gasteiger partial charge in [-0.1, -0.05) is 19.6 Å². The molecule has 0 unspecified atom stereocenters. The van der Waals surface area contributed by atoms with Crippen LogP contribution in [0.4, 0.5) is 0 Å². The lowest BCUT2D eigenvalue weighted by Crippen LogP contribution is -2.09. The molecule has 0 amide bonds. The smallest absolute Gasteiger partial charge is 0.333 e. The molecule has 3 heteroatoms. The number of carbonyl (C=O) groups is 2. The molecule has 0 aliphatic heterocycles. The van der Waals surface area contributed by atoms with Crippen molar-refractivity contribution in [2.24, 2.45) is 0 Å². The van der Waals surface area contributed by atoms with Crippen LogP contribution in [0.15, 0.2) is 23.8 Å². The summed E-state index contributed by atoms with van der Waals surface area (Å²) in [5, 5.41) is 0. The Morgan fingerprint density at radius 3 is 2.33 bits per heavy atom. The van der Waals surface area contributed by atoms with Crippen LogP contribution in [0.1, 0.15) is 33.6 Å². The third-order valence-corrected chi connectivity index (χ3v) is 1.87. The van der Waals surface area contributed by atoms with E-state index in [-0.39, 0.29) is 12.2 Å². The first kappa shape index (κ1) is 13.6. The Bertz CT molecular complexity index is 287. The molecule has 0 atom stereocenters. The molecule has 0 fully saturated rings.